The van der Waals surface area contributed by atoms with Crippen molar-refractivity contribution < 1.29 is 9.59 Å². The summed E-state index contributed by atoms with van der Waals surface area (Å²) in [7, 11) is 0. The number of amides is 2. The van der Waals surface area contributed by atoms with Crippen LogP contribution in [0.1, 0.15) is 36.7 Å². The van der Waals surface area contributed by atoms with Crippen LogP contribution in [0.15, 0.2) is 42.6 Å². The summed E-state index contributed by atoms with van der Waals surface area (Å²) in [4.78, 5) is 28.2. The molecule has 0 saturated carbocycles. The van der Waals surface area contributed by atoms with Gasteiger partial charge in [0.2, 0.25) is 5.91 Å². The lowest BCUT2D eigenvalue weighted by molar-refractivity contribution is -0.128. The highest BCUT2D eigenvalue weighted by Gasteiger charge is 2.20. The van der Waals surface area contributed by atoms with Gasteiger partial charge >= 0.3 is 0 Å². The molecule has 138 valence electrons. The summed E-state index contributed by atoms with van der Waals surface area (Å²) in [6.45, 7) is 8.68. The van der Waals surface area contributed by atoms with Crippen molar-refractivity contribution in [3.63, 3.8) is 0 Å². The SMILES string of the molecule is Cc1ccc(NC(=O)c2ccc(NCCNC(=O)C(C)(C)C)nc2)cc1. The van der Waals surface area contributed by atoms with Crippen molar-refractivity contribution in [2.24, 2.45) is 5.41 Å². The molecule has 0 bridgehead atoms. The predicted octanol–water partition coefficient (Wildman–Crippen LogP) is 3.22. The van der Waals surface area contributed by atoms with Crippen LogP contribution in [0.5, 0.6) is 0 Å². The Hall–Kier alpha value is -2.89. The third kappa shape index (κ3) is 5.88. The first kappa shape index (κ1) is 19.4. The maximum absolute atomic E-state index is 12.2. The van der Waals surface area contributed by atoms with Crippen LogP contribution < -0.4 is 16.0 Å². The molecular formula is C20H26N4O2. The van der Waals surface area contributed by atoms with Gasteiger partial charge in [0.25, 0.3) is 5.91 Å². The molecule has 2 rings (SSSR count). The molecule has 0 unspecified atom stereocenters. The Morgan fingerprint density at radius 3 is 2.27 bits per heavy atom. The molecule has 0 atom stereocenters. The van der Waals surface area contributed by atoms with Crippen LogP contribution in [-0.4, -0.2) is 29.9 Å². The predicted molar refractivity (Wildman–Crippen MR) is 104 cm³/mol. The van der Waals surface area contributed by atoms with Gasteiger partial charge in [-0.3, -0.25) is 9.59 Å². The monoisotopic (exact) mass is 354 g/mol. The molecule has 0 aliphatic carbocycles. The molecule has 0 spiro atoms. The smallest absolute Gasteiger partial charge is 0.257 e. The van der Waals surface area contributed by atoms with E-state index in [0.29, 0.717) is 24.5 Å². The van der Waals surface area contributed by atoms with E-state index >= 15 is 0 Å². The van der Waals surface area contributed by atoms with Gasteiger partial charge in [0.15, 0.2) is 0 Å². The highest BCUT2D eigenvalue weighted by Crippen LogP contribution is 2.13. The number of nitrogens with zero attached hydrogens (tertiary/aromatic N) is 1. The van der Waals surface area contributed by atoms with Crippen LogP contribution in [0.2, 0.25) is 0 Å². The summed E-state index contributed by atoms with van der Waals surface area (Å²) in [5, 5.41) is 8.81. The van der Waals surface area contributed by atoms with E-state index in [1.165, 1.54) is 6.20 Å². The van der Waals surface area contributed by atoms with E-state index in [2.05, 4.69) is 20.9 Å². The van der Waals surface area contributed by atoms with Gasteiger partial charge in [-0.2, -0.15) is 0 Å². The number of rotatable bonds is 6. The zero-order chi connectivity index (χ0) is 19.2. The van der Waals surface area contributed by atoms with Crippen molar-refractivity contribution in [2.75, 3.05) is 23.7 Å². The molecule has 1 aromatic heterocycles. The van der Waals surface area contributed by atoms with Crippen LogP contribution >= 0.6 is 0 Å². The Morgan fingerprint density at radius 2 is 1.69 bits per heavy atom. The lowest BCUT2D eigenvalue weighted by Crippen LogP contribution is -2.37. The molecule has 3 N–H and O–H groups in total. The lowest BCUT2D eigenvalue weighted by atomic mass is 9.96. The standard InChI is InChI=1S/C20H26N4O2/c1-14-5-8-16(9-6-14)24-18(25)15-7-10-17(23-13-15)21-11-12-22-19(26)20(2,3)4/h5-10,13H,11-12H2,1-4H3,(H,21,23)(H,22,26)(H,24,25). The van der Waals surface area contributed by atoms with Crippen LogP contribution in [0.3, 0.4) is 0 Å². The zero-order valence-corrected chi connectivity index (χ0v) is 15.7. The van der Waals surface area contributed by atoms with Crippen molar-refractivity contribution in [3.05, 3.63) is 53.7 Å². The molecule has 0 aliphatic rings. The number of carbonyl (C=O) groups excluding carboxylic acids is 2. The van der Waals surface area contributed by atoms with E-state index in [0.717, 1.165) is 11.3 Å². The average molecular weight is 354 g/mol. The first-order valence-electron chi connectivity index (χ1n) is 8.62. The van der Waals surface area contributed by atoms with Gasteiger partial charge in [-0.25, -0.2) is 4.98 Å². The number of anilines is 2. The maximum Gasteiger partial charge on any atom is 0.257 e. The van der Waals surface area contributed by atoms with Gasteiger partial charge in [-0.15, -0.1) is 0 Å². The first-order valence-corrected chi connectivity index (χ1v) is 8.62. The van der Waals surface area contributed by atoms with Crippen molar-refractivity contribution >= 4 is 23.3 Å². The van der Waals surface area contributed by atoms with E-state index in [-0.39, 0.29) is 11.8 Å². The number of aryl methyl sites for hydroxylation is 1. The Kier molecular flexibility index (Phi) is 6.33. The fourth-order valence-corrected chi connectivity index (χ4v) is 2.10. The van der Waals surface area contributed by atoms with Crippen LogP contribution in [0.25, 0.3) is 0 Å². The number of hydrogen-bond donors (Lipinski definition) is 3. The van der Waals surface area contributed by atoms with Gasteiger partial charge in [0.1, 0.15) is 5.82 Å². The van der Waals surface area contributed by atoms with Crippen LogP contribution in [0, 0.1) is 12.3 Å². The molecule has 0 radical (unpaired) electrons. The number of carbonyl (C=O) groups is 2. The molecule has 6 nitrogen and oxygen atoms in total. The van der Waals surface area contributed by atoms with Gasteiger partial charge in [-0.05, 0) is 31.2 Å². The largest absolute Gasteiger partial charge is 0.368 e. The minimum atomic E-state index is -0.398. The highest BCUT2D eigenvalue weighted by atomic mass is 16.2. The molecule has 1 aromatic carbocycles. The Morgan fingerprint density at radius 1 is 1.00 bits per heavy atom. The summed E-state index contributed by atoms with van der Waals surface area (Å²) in [6, 6.07) is 11.1. The third-order valence-electron chi connectivity index (χ3n) is 3.73. The number of aromatic nitrogens is 1. The maximum atomic E-state index is 12.2. The minimum absolute atomic E-state index is 0.00961. The summed E-state index contributed by atoms with van der Waals surface area (Å²) in [6.07, 6.45) is 1.53. The van der Waals surface area contributed by atoms with Gasteiger partial charge in [0, 0.05) is 30.4 Å². The second-order valence-electron chi connectivity index (χ2n) is 7.18. The second kappa shape index (κ2) is 8.47. The van der Waals surface area contributed by atoms with E-state index in [1.807, 2.05) is 52.0 Å². The minimum Gasteiger partial charge on any atom is -0.368 e. The summed E-state index contributed by atoms with van der Waals surface area (Å²) < 4.78 is 0. The molecule has 1 heterocycles. The molecule has 0 aliphatic heterocycles. The van der Waals surface area contributed by atoms with E-state index in [9.17, 15) is 9.59 Å². The third-order valence-corrected chi connectivity index (χ3v) is 3.73. The quantitative estimate of drug-likeness (QED) is 0.696. The van der Waals surface area contributed by atoms with E-state index < -0.39 is 5.41 Å². The van der Waals surface area contributed by atoms with Crippen LogP contribution in [0.4, 0.5) is 11.5 Å². The number of benzene rings is 1. The normalized spacial score (nSPS) is 10.9. The number of pyridine rings is 1. The topological polar surface area (TPSA) is 83.1 Å². The van der Waals surface area contributed by atoms with E-state index in [4.69, 9.17) is 0 Å². The zero-order valence-electron chi connectivity index (χ0n) is 15.7. The fraction of sp³-hybridized carbons (Fsp3) is 0.350. The van der Waals surface area contributed by atoms with Crippen molar-refractivity contribution in [1.82, 2.24) is 10.3 Å². The van der Waals surface area contributed by atoms with Crippen molar-refractivity contribution in [2.45, 2.75) is 27.7 Å². The van der Waals surface area contributed by atoms with Crippen molar-refractivity contribution in [3.8, 4) is 0 Å². The summed E-state index contributed by atoms with van der Waals surface area (Å²) >= 11 is 0. The number of hydrogen-bond acceptors (Lipinski definition) is 4. The molecule has 6 heteroatoms. The molecule has 2 amide bonds. The number of nitrogens with one attached hydrogen (secondary N) is 3. The molecule has 2 aromatic rings. The Balaban J connectivity index is 1.81. The van der Waals surface area contributed by atoms with Gasteiger partial charge in [-0.1, -0.05) is 38.5 Å². The average Bonchev–Trinajstić information content (AvgIpc) is 2.60. The van der Waals surface area contributed by atoms with Gasteiger partial charge in [0.05, 0.1) is 5.56 Å². The molecule has 26 heavy (non-hydrogen) atoms. The molecular weight excluding hydrogens is 328 g/mol. The van der Waals surface area contributed by atoms with E-state index in [1.54, 1.807) is 12.1 Å². The molecule has 0 saturated heterocycles. The summed E-state index contributed by atoms with van der Waals surface area (Å²) in [5.74, 6) is 0.461. The highest BCUT2D eigenvalue weighted by molar-refractivity contribution is 6.04. The van der Waals surface area contributed by atoms with Gasteiger partial charge < -0.3 is 16.0 Å². The lowest BCUT2D eigenvalue weighted by Gasteiger charge is -2.17. The first-order chi connectivity index (χ1) is 12.3. The Bertz CT molecular complexity index is 747. The second-order valence-corrected chi connectivity index (χ2v) is 7.18. The molecule has 0 fully saturated rings. The Labute approximate surface area is 154 Å². The fourth-order valence-electron chi connectivity index (χ4n) is 2.10. The van der Waals surface area contributed by atoms with Crippen molar-refractivity contribution in [1.29, 1.82) is 0 Å². The summed E-state index contributed by atoms with van der Waals surface area (Å²) in [5.41, 5.74) is 1.97. The van der Waals surface area contributed by atoms with Crippen LogP contribution in [-0.2, 0) is 4.79 Å².